The molecule has 34 heavy (non-hydrogen) atoms. The topological polar surface area (TPSA) is 129 Å². The quantitative estimate of drug-likeness (QED) is 0.251. The number of nitro groups is 1. The van der Waals surface area contributed by atoms with Crippen LogP contribution in [0.5, 0.6) is 0 Å². The molecule has 4 aromatic rings. The molecular formula is C24H23N5O5. The van der Waals surface area contributed by atoms with E-state index in [2.05, 4.69) is 10.4 Å². The number of anilines is 1. The summed E-state index contributed by atoms with van der Waals surface area (Å²) in [6.45, 7) is 5.23. The van der Waals surface area contributed by atoms with Crippen molar-refractivity contribution in [1.29, 1.82) is 0 Å². The van der Waals surface area contributed by atoms with Crippen LogP contribution < -0.4 is 5.32 Å². The molecule has 0 saturated carbocycles. The molecule has 2 heterocycles. The molecule has 0 saturated heterocycles. The third-order valence-electron chi connectivity index (χ3n) is 5.63. The number of esters is 1. The molecular weight excluding hydrogens is 438 g/mol. The highest BCUT2D eigenvalue weighted by molar-refractivity contribution is 5.97. The Morgan fingerprint density at radius 3 is 2.62 bits per heavy atom. The number of rotatable bonds is 7. The largest absolute Gasteiger partial charge is 0.453 e. The number of carbonyl (C=O) groups excluding carboxylic acids is 2. The Kier molecular flexibility index (Phi) is 6.22. The van der Waals surface area contributed by atoms with Crippen molar-refractivity contribution < 1.29 is 19.2 Å². The summed E-state index contributed by atoms with van der Waals surface area (Å²) in [6.07, 6.45) is -0.709. The zero-order valence-corrected chi connectivity index (χ0v) is 18.9. The first-order valence-electron chi connectivity index (χ1n) is 10.7. The second-order valence-corrected chi connectivity index (χ2v) is 7.91. The molecule has 1 amide bonds. The SMILES string of the molecule is Cc1nc2c3ccccc3nn2c(C)c1CCC(=O)OC(C)C(=O)Nc1ccccc1[N+](=O)[O-]. The van der Waals surface area contributed by atoms with Crippen molar-refractivity contribution in [1.82, 2.24) is 14.6 Å². The predicted molar refractivity (Wildman–Crippen MR) is 126 cm³/mol. The first kappa shape index (κ1) is 22.8. The molecule has 2 aromatic carbocycles. The van der Waals surface area contributed by atoms with Gasteiger partial charge in [-0.1, -0.05) is 24.3 Å². The van der Waals surface area contributed by atoms with Crippen molar-refractivity contribution in [3.05, 3.63) is 75.6 Å². The van der Waals surface area contributed by atoms with E-state index in [0.717, 1.165) is 33.5 Å². The molecule has 1 unspecified atom stereocenters. The average molecular weight is 461 g/mol. The van der Waals surface area contributed by atoms with Gasteiger partial charge < -0.3 is 10.1 Å². The normalized spacial score (nSPS) is 12.0. The number of carbonyl (C=O) groups is 2. The number of nitrogens with zero attached hydrogens (tertiary/aromatic N) is 4. The highest BCUT2D eigenvalue weighted by Gasteiger charge is 2.22. The van der Waals surface area contributed by atoms with Gasteiger partial charge in [0.25, 0.3) is 11.6 Å². The number of para-hydroxylation sites is 2. The standard InChI is InChI=1S/C24H23N5O5/c1-14-17(15(2)28-23(25-14)18-8-4-5-9-19(18)27-28)12-13-22(30)34-16(3)24(31)26-20-10-6-7-11-21(20)29(32)33/h4-11,16H,12-13H2,1-3H3,(H,26,31). The average Bonchev–Trinajstić information content (AvgIpc) is 3.18. The number of fused-ring (bicyclic) bond motifs is 3. The fourth-order valence-electron chi connectivity index (χ4n) is 3.85. The number of ether oxygens (including phenoxy) is 1. The van der Waals surface area contributed by atoms with E-state index in [-0.39, 0.29) is 17.8 Å². The molecule has 1 N–H and O–H groups in total. The van der Waals surface area contributed by atoms with Crippen molar-refractivity contribution in [2.45, 2.75) is 39.7 Å². The molecule has 0 spiro atoms. The first-order chi connectivity index (χ1) is 16.3. The Hall–Kier alpha value is -4.34. The van der Waals surface area contributed by atoms with Gasteiger partial charge in [0, 0.05) is 29.3 Å². The Bertz CT molecular complexity index is 1430. The highest BCUT2D eigenvalue weighted by Crippen LogP contribution is 2.24. The van der Waals surface area contributed by atoms with E-state index in [1.165, 1.54) is 25.1 Å². The smallest absolute Gasteiger partial charge is 0.306 e. The van der Waals surface area contributed by atoms with Gasteiger partial charge in [0.15, 0.2) is 11.8 Å². The third-order valence-corrected chi connectivity index (χ3v) is 5.63. The Morgan fingerprint density at radius 1 is 1.15 bits per heavy atom. The molecule has 10 nitrogen and oxygen atoms in total. The lowest BCUT2D eigenvalue weighted by atomic mass is 10.1. The summed E-state index contributed by atoms with van der Waals surface area (Å²) in [5.41, 5.74) is 3.96. The van der Waals surface area contributed by atoms with Crippen molar-refractivity contribution in [3.63, 3.8) is 0 Å². The number of benzene rings is 2. The van der Waals surface area contributed by atoms with Crippen LogP contribution in [-0.2, 0) is 20.7 Å². The summed E-state index contributed by atoms with van der Waals surface area (Å²) in [6, 6.07) is 13.5. The molecule has 174 valence electrons. The number of aromatic nitrogens is 3. The Morgan fingerprint density at radius 2 is 1.85 bits per heavy atom. The maximum atomic E-state index is 12.4. The van der Waals surface area contributed by atoms with Crippen LogP contribution in [0.3, 0.4) is 0 Å². The lowest BCUT2D eigenvalue weighted by molar-refractivity contribution is -0.383. The number of hydrogen-bond donors (Lipinski definition) is 1. The number of nitro benzene ring substituents is 1. The summed E-state index contributed by atoms with van der Waals surface area (Å²) in [5, 5.41) is 19.1. The van der Waals surface area contributed by atoms with Crippen molar-refractivity contribution in [2.24, 2.45) is 0 Å². The zero-order valence-electron chi connectivity index (χ0n) is 18.9. The van der Waals surface area contributed by atoms with Gasteiger partial charge in [0.1, 0.15) is 5.69 Å². The molecule has 0 radical (unpaired) electrons. The molecule has 2 aromatic heterocycles. The minimum Gasteiger partial charge on any atom is -0.453 e. The molecule has 0 aliphatic rings. The van der Waals surface area contributed by atoms with Crippen LogP contribution in [0, 0.1) is 24.0 Å². The molecule has 1 atom stereocenters. The van der Waals surface area contributed by atoms with Crippen LogP contribution >= 0.6 is 0 Å². The van der Waals surface area contributed by atoms with E-state index in [0.29, 0.717) is 6.42 Å². The fourth-order valence-corrected chi connectivity index (χ4v) is 3.85. The zero-order chi connectivity index (χ0) is 24.4. The number of nitrogens with one attached hydrogen (secondary N) is 1. The molecule has 10 heteroatoms. The highest BCUT2D eigenvalue weighted by atomic mass is 16.6. The minimum atomic E-state index is -1.12. The Balaban J connectivity index is 1.42. The molecule has 0 aliphatic carbocycles. The summed E-state index contributed by atoms with van der Waals surface area (Å²) < 4.78 is 7.04. The minimum absolute atomic E-state index is 0.0395. The predicted octanol–water partition coefficient (Wildman–Crippen LogP) is 3.91. The van der Waals surface area contributed by atoms with Crippen LogP contribution in [0.4, 0.5) is 11.4 Å². The summed E-state index contributed by atoms with van der Waals surface area (Å²) in [4.78, 5) is 40.1. The van der Waals surface area contributed by atoms with Crippen LogP contribution in [0.25, 0.3) is 16.6 Å². The second kappa shape index (κ2) is 9.26. The number of aryl methyl sites for hydroxylation is 2. The van der Waals surface area contributed by atoms with Crippen LogP contribution in [-0.4, -0.2) is 37.5 Å². The van der Waals surface area contributed by atoms with Gasteiger partial charge in [-0.25, -0.2) is 9.50 Å². The molecule has 0 aliphatic heterocycles. The lowest BCUT2D eigenvalue weighted by Gasteiger charge is -2.14. The van der Waals surface area contributed by atoms with E-state index >= 15 is 0 Å². The van der Waals surface area contributed by atoms with Gasteiger partial charge in [-0.15, -0.1) is 0 Å². The van der Waals surface area contributed by atoms with E-state index in [1.807, 2.05) is 38.1 Å². The molecule has 4 rings (SSSR count). The summed E-state index contributed by atoms with van der Waals surface area (Å²) >= 11 is 0. The first-order valence-corrected chi connectivity index (χ1v) is 10.7. The van der Waals surface area contributed by atoms with Crippen LogP contribution in [0.1, 0.15) is 30.3 Å². The van der Waals surface area contributed by atoms with Crippen molar-refractivity contribution >= 4 is 39.8 Å². The van der Waals surface area contributed by atoms with Gasteiger partial charge in [0.05, 0.1) is 10.4 Å². The van der Waals surface area contributed by atoms with E-state index < -0.39 is 22.9 Å². The second-order valence-electron chi connectivity index (χ2n) is 7.91. The van der Waals surface area contributed by atoms with Crippen molar-refractivity contribution in [2.75, 3.05) is 5.32 Å². The van der Waals surface area contributed by atoms with Crippen LogP contribution in [0.15, 0.2) is 48.5 Å². The van der Waals surface area contributed by atoms with E-state index in [4.69, 9.17) is 9.72 Å². The maximum Gasteiger partial charge on any atom is 0.306 e. The van der Waals surface area contributed by atoms with E-state index in [9.17, 15) is 19.7 Å². The van der Waals surface area contributed by atoms with Crippen LogP contribution in [0.2, 0.25) is 0 Å². The lowest BCUT2D eigenvalue weighted by Crippen LogP contribution is -2.30. The summed E-state index contributed by atoms with van der Waals surface area (Å²) in [5.74, 6) is -1.21. The van der Waals surface area contributed by atoms with Crippen molar-refractivity contribution in [3.8, 4) is 0 Å². The Labute approximate surface area is 194 Å². The fraction of sp³-hybridized carbons (Fsp3) is 0.250. The summed E-state index contributed by atoms with van der Waals surface area (Å²) in [7, 11) is 0. The third kappa shape index (κ3) is 4.42. The van der Waals surface area contributed by atoms with Gasteiger partial charge in [-0.2, -0.15) is 5.10 Å². The molecule has 0 fully saturated rings. The van der Waals surface area contributed by atoms with Gasteiger partial charge in [0.2, 0.25) is 0 Å². The van der Waals surface area contributed by atoms with Gasteiger partial charge >= 0.3 is 5.97 Å². The number of amides is 1. The molecule has 0 bridgehead atoms. The monoisotopic (exact) mass is 461 g/mol. The van der Waals surface area contributed by atoms with Gasteiger partial charge in [-0.3, -0.25) is 19.7 Å². The van der Waals surface area contributed by atoms with Gasteiger partial charge in [-0.05, 0) is 51.0 Å². The van der Waals surface area contributed by atoms with E-state index in [1.54, 1.807) is 10.6 Å². The maximum absolute atomic E-state index is 12.4. The number of hydrogen-bond acceptors (Lipinski definition) is 7.